The number of hydrogen-bond donors (Lipinski definition) is 1. The van der Waals surface area contributed by atoms with Crippen molar-refractivity contribution < 1.29 is 49.8 Å². The molecule has 0 saturated carbocycles. The second-order valence-corrected chi connectivity index (χ2v) is 15.5. The van der Waals surface area contributed by atoms with Crippen molar-refractivity contribution in [3.8, 4) is 11.5 Å². The van der Waals surface area contributed by atoms with E-state index in [0.717, 1.165) is 16.8 Å². The highest BCUT2D eigenvalue weighted by Crippen LogP contribution is 2.46. The molecule has 3 heterocycles. The molecule has 0 aliphatic carbocycles. The fourth-order valence-corrected chi connectivity index (χ4v) is 7.43. The SMILES string of the molecule is COC(=O)c1ccc(C(=O)[O-])c(C2=c3cc4c(cc3Oc3cc5c(cc32)C(C)=CC(C)(C)N5C)=[N+](C)C(C)(C)C=C4CS(=O)(=O)O)c1.O=S(=O)=O. The maximum atomic E-state index is 12.7. The molecular formula is C36H36N2O11S2. The molecule has 268 valence electrons. The number of carbonyl (C=O) groups is 2. The van der Waals surface area contributed by atoms with Gasteiger partial charge in [-0.05, 0) is 67.8 Å². The number of carbonyl (C=O) groups excluding carboxylic acids is 2. The molecule has 0 aromatic heterocycles. The Kier molecular flexibility index (Phi) is 9.39. The van der Waals surface area contributed by atoms with E-state index in [1.807, 2.05) is 51.6 Å². The Balaban J connectivity index is 0.00000120. The normalized spacial score (nSPS) is 16.5. The number of ether oxygens (including phenoxy) is 2. The summed E-state index contributed by atoms with van der Waals surface area (Å²) in [6.45, 7) is 10.1. The summed E-state index contributed by atoms with van der Waals surface area (Å²) in [4.78, 5) is 27.4. The van der Waals surface area contributed by atoms with Gasteiger partial charge in [-0.2, -0.15) is 8.42 Å². The van der Waals surface area contributed by atoms with E-state index in [1.54, 1.807) is 18.2 Å². The monoisotopic (exact) mass is 736 g/mol. The van der Waals surface area contributed by atoms with Gasteiger partial charge in [-0.1, -0.05) is 12.1 Å². The number of esters is 1. The lowest BCUT2D eigenvalue weighted by Gasteiger charge is -2.41. The van der Waals surface area contributed by atoms with E-state index < -0.39 is 44.0 Å². The van der Waals surface area contributed by atoms with Crippen molar-refractivity contribution >= 4 is 55.1 Å². The summed E-state index contributed by atoms with van der Waals surface area (Å²) in [6, 6.07) is 11.6. The number of methoxy groups -OCH3 is 1. The number of carboxylic acid groups (broad SMARTS) is 1. The standard InChI is InChI=1S/C36H36N2O8S.O3S/c1-19-16-35(2,3)37(6)28-14-30-26(12-23(19)28)32(25-11-20(34(41)45-8)9-10-22(25)33(39)40)27-13-24-21(18-47(42,43)44)17-36(4,5)38(7)29(24)15-31(27)46-30;1-4(2)3/h9-17H,18H2,1-8H3,(H-,39,40,42,43,44);. The molecule has 3 aliphatic rings. The van der Waals surface area contributed by atoms with Crippen LogP contribution in [0.15, 0.2) is 54.6 Å². The van der Waals surface area contributed by atoms with Crippen molar-refractivity contribution in [1.29, 1.82) is 0 Å². The van der Waals surface area contributed by atoms with Crippen LogP contribution in [0.1, 0.15) is 77.6 Å². The molecule has 15 heteroatoms. The molecule has 0 spiro atoms. The molecule has 3 aromatic rings. The first-order chi connectivity index (χ1) is 23.6. The first-order valence-electron chi connectivity index (χ1n) is 15.5. The predicted molar refractivity (Wildman–Crippen MR) is 187 cm³/mol. The molecule has 0 unspecified atom stereocenters. The zero-order valence-corrected chi connectivity index (χ0v) is 30.8. The third kappa shape index (κ3) is 6.96. The van der Waals surface area contributed by atoms with Crippen LogP contribution < -0.4 is 29.9 Å². The lowest BCUT2D eigenvalue weighted by molar-refractivity contribution is -0.255. The van der Waals surface area contributed by atoms with Crippen molar-refractivity contribution in [2.75, 3.05) is 31.9 Å². The number of fused-ring (bicyclic) bond motifs is 4. The minimum Gasteiger partial charge on any atom is -0.545 e. The van der Waals surface area contributed by atoms with Gasteiger partial charge >= 0.3 is 16.6 Å². The second-order valence-electron chi connectivity index (χ2n) is 13.6. The van der Waals surface area contributed by atoms with Gasteiger partial charge in [0.25, 0.3) is 10.1 Å². The van der Waals surface area contributed by atoms with Gasteiger partial charge in [0.15, 0.2) is 5.54 Å². The third-order valence-corrected chi connectivity index (χ3v) is 10.2. The lowest BCUT2D eigenvalue weighted by atomic mass is 9.83. The van der Waals surface area contributed by atoms with E-state index in [-0.39, 0.29) is 22.2 Å². The van der Waals surface area contributed by atoms with Crippen LogP contribution in [-0.4, -0.2) is 75.6 Å². The summed E-state index contributed by atoms with van der Waals surface area (Å²) in [5.41, 5.74) is 4.09. The number of allylic oxidation sites excluding steroid dienone is 1. The van der Waals surface area contributed by atoms with E-state index >= 15 is 0 Å². The number of nitrogens with zero attached hydrogens (tertiary/aromatic N) is 2. The molecule has 6 rings (SSSR count). The zero-order valence-electron chi connectivity index (χ0n) is 29.1. The van der Waals surface area contributed by atoms with Crippen LogP contribution in [0.5, 0.6) is 11.5 Å². The molecule has 0 amide bonds. The van der Waals surface area contributed by atoms with Crippen molar-refractivity contribution in [2.45, 2.75) is 45.7 Å². The van der Waals surface area contributed by atoms with Crippen LogP contribution in [0.4, 0.5) is 5.69 Å². The highest BCUT2D eigenvalue weighted by Gasteiger charge is 2.36. The molecule has 13 nitrogen and oxygen atoms in total. The Morgan fingerprint density at radius 2 is 1.61 bits per heavy atom. The van der Waals surface area contributed by atoms with Crippen molar-refractivity contribution in [3.05, 3.63) is 98.6 Å². The number of benzene rings is 3. The maximum absolute atomic E-state index is 12.7. The van der Waals surface area contributed by atoms with Gasteiger partial charge in [-0.25, -0.2) is 9.37 Å². The number of likely N-dealkylation sites (N-methyl/N-ethyl adjacent to an activating group) is 2. The largest absolute Gasteiger partial charge is 0.545 e. The number of anilines is 1. The predicted octanol–water partition coefficient (Wildman–Crippen LogP) is 2.00. The highest BCUT2D eigenvalue weighted by atomic mass is 32.2. The summed E-state index contributed by atoms with van der Waals surface area (Å²) in [5.74, 6) is -1.84. The first-order valence-corrected chi connectivity index (χ1v) is 18.1. The summed E-state index contributed by atoms with van der Waals surface area (Å²) in [5, 5.41) is 13.7. The Bertz CT molecular complexity index is 2470. The van der Waals surface area contributed by atoms with Gasteiger partial charge in [0.1, 0.15) is 24.3 Å². The van der Waals surface area contributed by atoms with Gasteiger partial charge in [-0.3, -0.25) is 4.55 Å². The van der Waals surface area contributed by atoms with Crippen LogP contribution in [0.25, 0.3) is 16.7 Å². The summed E-state index contributed by atoms with van der Waals surface area (Å²) >= 11 is 0. The van der Waals surface area contributed by atoms with Crippen LogP contribution in [0.2, 0.25) is 0 Å². The van der Waals surface area contributed by atoms with E-state index in [4.69, 9.17) is 22.1 Å². The molecule has 1 N–H and O–H groups in total. The zero-order chi connectivity index (χ0) is 38.0. The quantitative estimate of drug-likeness (QED) is 0.179. The third-order valence-electron chi connectivity index (χ3n) is 9.54. The molecule has 0 fully saturated rings. The van der Waals surface area contributed by atoms with E-state index in [9.17, 15) is 27.7 Å². The van der Waals surface area contributed by atoms with Crippen molar-refractivity contribution in [1.82, 2.24) is 4.58 Å². The fraction of sp³-hybridized carbons (Fsp3) is 0.306. The fourth-order valence-electron chi connectivity index (χ4n) is 6.80. The Hall–Kier alpha value is -5.12. The minimum absolute atomic E-state index is 0.136. The summed E-state index contributed by atoms with van der Waals surface area (Å²) in [6.07, 6.45) is 3.95. The molecule has 51 heavy (non-hydrogen) atoms. The van der Waals surface area contributed by atoms with Crippen molar-refractivity contribution in [2.24, 2.45) is 0 Å². The van der Waals surface area contributed by atoms with Gasteiger partial charge in [-0.15, -0.1) is 12.6 Å². The topological polar surface area (TPSA) is 187 Å². The van der Waals surface area contributed by atoms with Crippen LogP contribution in [-0.2, 0) is 25.5 Å². The van der Waals surface area contributed by atoms with Crippen LogP contribution in [0, 0.1) is 0 Å². The molecule has 3 aromatic carbocycles. The number of carboxylic acids is 1. The van der Waals surface area contributed by atoms with E-state index in [1.165, 1.54) is 25.3 Å². The smallest absolute Gasteiger partial charge is 0.425 e. The minimum atomic E-state index is -4.41. The number of rotatable bonds is 5. The average molecular weight is 737 g/mol. The van der Waals surface area contributed by atoms with Gasteiger partial charge in [0, 0.05) is 60.1 Å². The van der Waals surface area contributed by atoms with Crippen LogP contribution >= 0.6 is 0 Å². The second kappa shape index (κ2) is 12.9. The first kappa shape index (κ1) is 37.1. The van der Waals surface area contributed by atoms with E-state index in [2.05, 4.69) is 24.8 Å². The van der Waals surface area contributed by atoms with Gasteiger partial charge < -0.3 is 24.3 Å². The summed E-state index contributed by atoms with van der Waals surface area (Å²) in [7, 11) is -2.40. The Labute approximate surface area is 296 Å². The molecule has 0 bridgehead atoms. The Morgan fingerprint density at radius 3 is 2.20 bits per heavy atom. The number of aromatic carboxylic acids is 1. The highest BCUT2D eigenvalue weighted by molar-refractivity contribution is 7.86. The molecule has 0 saturated heterocycles. The lowest BCUT2D eigenvalue weighted by Crippen LogP contribution is -2.47. The van der Waals surface area contributed by atoms with Gasteiger partial charge in [0.05, 0.1) is 35.8 Å². The molecular weight excluding hydrogens is 701 g/mol. The van der Waals surface area contributed by atoms with Crippen LogP contribution in [0.3, 0.4) is 0 Å². The molecule has 3 aliphatic heterocycles. The average Bonchev–Trinajstić information content (AvgIpc) is 3.01. The Morgan fingerprint density at radius 1 is 0.961 bits per heavy atom. The maximum Gasteiger partial charge on any atom is 0.425 e. The van der Waals surface area contributed by atoms with Gasteiger partial charge in [0.2, 0.25) is 5.36 Å². The van der Waals surface area contributed by atoms with E-state index in [0.29, 0.717) is 44.3 Å². The molecule has 0 radical (unpaired) electrons. The molecule has 0 atom stereocenters. The summed E-state index contributed by atoms with van der Waals surface area (Å²) < 4.78 is 73.1. The number of hydrogen-bond acceptors (Lipinski definition) is 11. The van der Waals surface area contributed by atoms with Crippen molar-refractivity contribution in [3.63, 3.8) is 0 Å².